The zero-order valence-corrected chi connectivity index (χ0v) is 16.3. The van der Waals surface area contributed by atoms with E-state index in [0.29, 0.717) is 6.54 Å². The van der Waals surface area contributed by atoms with Gasteiger partial charge in [0.05, 0.1) is 9.85 Å². The van der Waals surface area contributed by atoms with Crippen LogP contribution in [0.4, 0.5) is 23.0 Å². The van der Waals surface area contributed by atoms with Crippen molar-refractivity contribution in [2.45, 2.75) is 38.6 Å². The smallest absolute Gasteiger partial charge is 0.348 e. The van der Waals surface area contributed by atoms with Gasteiger partial charge >= 0.3 is 5.69 Å². The SMILES string of the molecule is CCC1CCCCN1c1ncnc(NNC(=O)c2ccc([N+](=O)[O-])cc2)c1[N+](=O)[O-]. The molecule has 0 bridgehead atoms. The van der Waals surface area contributed by atoms with E-state index < -0.39 is 15.8 Å². The second-order valence-corrected chi connectivity index (χ2v) is 6.79. The van der Waals surface area contributed by atoms with Gasteiger partial charge in [-0.25, -0.2) is 9.97 Å². The van der Waals surface area contributed by atoms with Crippen molar-refractivity contribution in [2.75, 3.05) is 16.9 Å². The highest BCUT2D eigenvalue weighted by Crippen LogP contribution is 2.35. The fourth-order valence-electron chi connectivity index (χ4n) is 3.47. The van der Waals surface area contributed by atoms with Crippen molar-refractivity contribution in [3.63, 3.8) is 0 Å². The quantitative estimate of drug-likeness (QED) is 0.512. The topological polar surface area (TPSA) is 156 Å². The number of nitrogens with zero attached hydrogens (tertiary/aromatic N) is 5. The molecule has 12 nitrogen and oxygen atoms in total. The Hall–Kier alpha value is -3.83. The zero-order valence-electron chi connectivity index (χ0n) is 16.3. The number of non-ortho nitro benzene ring substituents is 1. The highest BCUT2D eigenvalue weighted by atomic mass is 16.6. The lowest BCUT2D eigenvalue weighted by molar-refractivity contribution is -0.384. The number of carbonyl (C=O) groups is 1. The van der Waals surface area contributed by atoms with E-state index in [0.717, 1.165) is 25.7 Å². The van der Waals surface area contributed by atoms with Crippen LogP contribution in [0.15, 0.2) is 30.6 Å². The van der Waals surface area contributed by atoms with Gasteiger partial charge in [0.2, 0.25) is 11.6 Å². The Morgan fingerprint density at radius 1 is 1.17 bits per heavy atom. The number of nitrogens with one attached hydrogen (secondary N) is 2. The number of hydrogen-bond acceptors (Lipinski definition) is 9. The molecule has 0 saturated carbocycles. The molecular formula is C18H21N7O5. The third kappa shape index (κ3) is 4.42. The van der Waals surface area contributed by atoms with Gasteiger partial charge in [0.15, 0.2) is 0 Å². The van der Waals surface area contributed by atoms with Crippen LogP contribution in [-0.4, -0.2) is 38.3 Å². The molecule has 1 aromatic heterocycles. The Labute approximate surface area is 171 Å². The molecule has 12 heteroatoms. The van der Waals surface area contributed by atoms with Crippen molar-refractivity contribution >= 4 is 28.9 Å². The van der Waals surface area contributed by atoms with Gasteiger partial charge in [-0.05, 0) is 37.8 Å². The minimum Gasteiger partial charge on any atom is -0.348 e. The molecule has 1 aromatic carbocycles. The second-order valence-electron chi connectivity index (χ2n) is 6.79. The first-order chi connectivity index (χ1) is 14.4. The molecule has 2 heterocycles. The maximum Gasteiger partial charge on any atom is 0.355 e. The minimum atomic E-state index is -0.622. The molecule has 1 fully saturated rings. The predicted octanol–water partition coefficient (Wildman–Crippen LogP) is 2.82. The summed E-state index contributed by atoms with van der Waals surface area (Å²) in [5.74, 6) is -0.543. The van der Waals surface area contributed by atoms with Crippen molar-refractivity contribution in [1.82, 2.24) is 15.4 Å². The minimum absolute atomic E-state index is 0.138. The first-order valence-corrected chi connectivity index (χ1v) is 9.49. The lowest BCUT2D eigenvalue weighted by atomic mass is 10.00. The third-order valence-corrected chi connectivity index (χ3v) is 4.99. The van der Waals surface area contributed by atoms with Crippen LogP contribution in [0, 0.1) is 20.2 Å². The summed E-state index contributed by atoms with van der Waals surface area (Å²) in [5, 5.41) is 22.5. The maximum absolute atomic E-state index is 12.3. The summed E-state index contributed by atoms with van der Waals surface area (Å²) in [6.45, 7) is 2.69. The van der Waals surface area contributed by atoms with E-state index in [4.69, 9.17) is 0 Å². The number of anilines is 2. The van der Waals surface area contributed by atoms with E-state index >= 15 is 0 Å². The first-order valence-electron chi connectivity index (χ1n) is 9.49. The zero-order chi connectivity index (χ0) is 21.7. The maximum atomic E-state index is 12.3. The monoisotopic (exact) mass is 415 g/mol. The van der Waals surface area contributed by atoms with Gasteiger partial charge in [-0.1, -0.05) is 6.92 Å². The number of amides is 1. The first kappa shape index (κ1) is 20.9. The lowest BCUT2D eigenvalue weighted by Gasteiger charge is -2.35. The predicted molar refractivity (Wildman–Crippen MR) is 108 cm³/mol. The number of piperidine rings is 1. The molecule has 1 unspecified atom stereocenters. The Kier molecular flexibility index (Phi) is 6.35. The van der Waals surface area contributed by atoms with Crippen LogP contribution in [0.3, 0.4) is 0 Å². The molecule has 1 atom stereocenters. The van der Waals surface area contributed by atoms with Crippen LogP contribution < -0.4 is 15.8 Å². The fraction of sp³-hybridized carbons (Fsp3) is 0.389. The average molecular weight is 415 g/mol. The molecule has 1 aliphatic rings. The fourth-order valence-corrected chi connectivity index (χ4v) is 3.47. The van der Waals surface area contributed by atoms with Gasteiger partial charge in [-0.2, -0.15) is 0 Å². The van der Waals surface area contributed by atoms with Crippen molar-refractivity contribution in [2.24, 2.45) is 0 Å². The van der Waals surface area contributed by atoms with Crippen LogP contribution in [0.25, 0.3) is 0 Å². The lowest BCUT2D eigenvalue weighted by Crippen LogP contribution is -2.40. The van der Waals surface area contributed by atoms with Gasteiger partial charge in [0, 0.05) is 30.3 Å². The molecule has 1 saturated heterocycles. The number of rotatable bonds is 7. The van der Waals surface area contributed by atoms with Crippen LogP contribution in [0.5, 0.6) is 0 Å². The third-order valence-electron chi connectivity index (χ3n) is 4.99. The van der Waals surface area contributed by atoms with Gasteiger partial charge in [-0.3, -0.25) is 35.9 Å². The summed E-state index contributed by atoms with van der Waals surface area (Å²) in [6.07, 6.45) is 4.95. The normalized spacial score (nSPS) is 16.0. The largest absolute Gasteiger partial charge is 0.355 e. The number of nitro benzene ring substituents is 1. The van der Waals surface area contributed by atoms with E-state index in [1.165, 1.54) is 30.6 Å². The molecule has 1 aliphatic heterocycles. The van der Waals surface area contributed by atoms with Crippen molar-refractivity contribution in [3.05, 3.63) is 56.4 Å². The van der Waals surface area contributed by atoms with Crippen molar-refractivity contribution in [3.8, 4) is 0 Å². The van der Waals surface area contributed by atoms with E-state index in [1.54, 1.807) is 0 Å². The van der Waals surface area contributed by atoms with E-state index in [9.17, 15) is 25.0 Å². The number of hydrogen-bond donors (Lipinski definition) is 2. The van der Waals surface area contributed by atoms with Gasteiger partial charge in [0.25, 0.3) is 11.6 Å². The number of nitro groups is 2. The van der Waals surface area contributed by atoms with Gasteiger partial charge in [0.1, 0.15) is 6.33 Å². The molecule has 2 N–H and O–H groups in total. The molecule has 1 amide bonds. The molecule has 158 valence electrons. The summed E-state index contributed by atoms with van der Waals surface area (Å²) < 4.78 is 0. The van der Waals surface area contributed by atoms with Gasteiger partial charge < -0.3 is 4.90 Å². The van der Waals surface area contributed by atoms with Crippen LogP contribution in [0.1, 0.15) is 43.0 Å². The summed E-state index contributed by atoms with van der Waals surface area (Å²) in [4.78, 5) is 43.6. The van der Waals surface area contributed by atoms with Gasteiger partial charge in [-0.15, -0.1) is 0 Å². The van der Waals surface area contributed by atoms with Crippen LogP contribution >= 0.6 is 0 Å². The highest BCUT2D eigenvalue weighted by Gasteiger charge is 2.32. The van der Waals surface area contributed by atoms with E-state index in [-0.39, 0.29) is 34.6 Å². The Bertz CT molecular complexity index is 950. The Morgan fingerprint density at radius 3 is 2.53 bits per heavy atom. The summed E-state index contributed by atoms with van der Waals surface area (Å²) in [6, 6.07) is 5.11. The number of hydrazine groups is 1. The molecular weight excluding hydrogens is 394 g/mol. The average Bonchev–Trinajstić information content (AvgIpc) is 2.77. The molecule has 0 aliphatic carbocycles. The molecule has 0 spiro atoms. The highest BCUT2D eigenvalue weighted by molar-refractivity contribution is 5.95. The Morgan fingerprint density at radius 2 is 1.90 bits per heavy atom. The molecule has 2 aromatic rings. The molecule has 0 radical (unpaired) electrons. The Balaban J connectivity index is 1.81. The second kappa shape index (κ2) is 9.11. The summed E-state index contributed by atoms with van der Waals surface area (Å²) >= 11 is 0. The number of benzene rings is 1. The standard InChI is InChI=1S/C18H21N7O5/c1-2-13-5-3-4-10-23(13)17-15(25(29)30)16(19-11-20-17)21-22-18(26)12-6-8-14(9-7-12)24(27)28/h6-9,11,13H,2-5,10H2,1H3,(H,22,26)(H,19,20,21). The molecule has 30 heavy (non-hydrogen) atoms. The molecule has 3 rings (SSSR count). The summed E-state index contributed by atoms with van der Waals surface area (Å²) in [5.41, 5.74) is 4.51. The van der Waals surface area contributed by atoms with Crippen molar-refractivity contribution < 1.29 is 14.6 Å². The number of carbonyl (C=O) groups excluding carboxylic acids is 1. The summed E-state index contributed by atoms with van der Waals surface area (Å²) in [7, 11) is 0. The van der Waals surface area contributed by atoms with Crippen LogP contribution in [0.2, 0.25) is 0 Å². The van der Waals surface area contributed by atoms with Crippen molar-refractivity contribution in [1.29, 1.82) is 0 Å². The van der Waals surface area contributed by atoms with Crippen LogP contribution in [-0.2, 0) is 0 Å². The van der Waals surface area contributed by atoms with E-state index in [1.807, 2.05) is 11.8 Å². The number of aromatic nitrogens is 2. The van der Waals surface area contributed by atoms with E-state index in [2.05, 4.69) is 20.8 Å².